The monoisotopic (exact) mass is 275 g/mol. The van der Waals surface area contributed by atoms with Crippen molar-refractivity contribution in [3.63, 3.8) is 0 Å². The number of hydrogen-bond acceptors (Lipinski definition) is 5. The Balaban J connectivity index is 1.69. The molecule has 1 unspecified atom stereocenters. The van der Waals surface area contributed by atoms with Crippen LogP contribution >= 0.6 is 0 Å². The zero-order chi connectivity index (χ0) is 12.8. The van der Waals surface area contributed by atoms with Gasteiger partial charge in [0.25, 0.3) is 0 Å². The first-order chi connectivity index (χ1) is 8.59. The van der Waals surface area contributed by atoms with E-state index in [4.69, 9.17) is 9.47 Å². The summed E-state index contributed by atoms with van der Waals surface area (Å²) in [5, 5.41) is 0. The minimum absolute atomic E-state index is 0.0187. The van der Waals surface area contributed by atoms with Crippen molar-refractivity contribution in [2.75, 3.05) is 38.3 Å². The number of rotatable bonds is 3. The van der Waals surface area contributed by atoms with E-state index in [0.717, 1.165) is 13.1 Å². The SMILES string of the molecule is CO[C@@H]1CS(=O)(=O)C[C@@H]1N1CCOC(C2CC2)C1. The minimum atomic E-state index is -2.94. The number of ether oxygens (including phenoxy) is 2. The van der Waals surface area contributed by atoms with Gasteiger partial charge in [0, 0.05) is 20.2 Å². The molecule has 2 aliphatic heterocycles. The molecule has 2 heterocycles. The van der Waals surface area contributed by atoms with Gasteiger partial charge in [-0.25, -0.2) is 8.42 Å². The Hall–Kier alpha value is -0.170. The number of hydrogen-bond donors (Lipinski definition) is 0. The van der Waals surface area contributed by atoms with Crippen molar-refractivity contribution in [3.05, 3.63) is 0 Å². The Kier molecular flexibility index (Phi) is 3.38. The summed E-state index contributed by atoms with van der Waals surface area (Å²) in [6, 6.07) is 0.0187. The summed E-state index contributed by atoms with van der Waals surface area (Å²) in [6.07, 6.45) is 2.65. The lowest BCUT2D eigenvalue weighted by atomic mass is 10.1. The molecule has 0 bridgehead atoms. The third-order valence-electron chi connectivity index (χ3n) is 4.32. The van der Waals surface area contributed by atoms with Crippen LogP contribution in [0.3, 0.4) is 0 Å². The topological polar surface area (TPSA) is 55.8 Å². The fourth-order valence-electron chi connectivity index (χ4n) is 3.11. The summed E-state index contributed by atoms with van der Waals surface area (Å²) in [5.74, 6) is 1.11. The zero-order valence-electron chi connectivity index (χ0n) is 10.7. The standard InChI is InChI=1S/C12H21NO4S/c1-16-12-8-18(14,15)7-10(12)13-4-5-17-11(6-13)9-2-3-9/h9-12H,2-8H2,1H3/t10-,11?,12+/m0/s1. The predicted octanol–water partition coefficient (Wildman–Crippen LogP) is -0.0908. The molecule has 3 atom stereocenters. The van der Waals surface area contributed by atoms with E-state index in [1.807, 2.05) is 0 Å². The Labute approximate surface area is 108 Å². The molecule has 3 aliphatic rings. The van der Waals surface area contributed by atoms with Crippen LogP contribution in [0.15, 0.2) is 0 Å². The lowest BCUT2D eigenvalue weighted by molar-refractivity contribution is -0.0682. The Morgan fingerprint density at radius 1 is 1.28 bits per heavy atom. The molecular formula is C12H21NO4S. The van der Waals surface area contributed by atoms with Gasteiger partial charge in [-0.2, -0.15) is 0 Å². The normalized spacial score (nSPS) is 41.1. The zero-order valence-corrected chi connectivity index (χ0v) is 11.6. The average Bonchev–Trinajstić information content (AvgIpc) is 3.14. The smallest absolute Gasteiger partial charge is 0.154 e. The molecule has 2 saturated heterocycles. The van der Waals surface area contributed by atoms with Gasteiger partial charge in [-0.15, -0.1) is 0 Å². The van der Waals surface area contributed by atoms with Gasteiger partial charge in [0.05, 0.1) is 36.4 Å². The van der Waals surface area contributed by atoms with Crippen LogP contribution in [0.25, 0.3) is 0 Å². The molecule has 18 heavy (non-hydrogen) atoms. The van der Waals surface area contributed by atoms with Crippen LogP contribution < -0.4 is 0 Å². The molecule has 1 saturated carbocycles. The van der Waals surface area contributed by atoms with E-state index in [-0.39, 0.29) is 23.7 Å². The lowest BCUT2D eigenvalue weighted by Crippen LogP contribution is -2.52. The third-order valence-corrected chi connectivity index (χ3v) is 6.00. The van der Waals surface area contributed by atoms with Crippen molar-refractivity contribution < 1.29 is 17.9 Å². The molecule has 6 heteroatoms. The second-order valence-corrected chi connectivity index (χ2v) is 7.81. The first-order valence-corrected chi connectivity index (χ1v) is 8.50. The van der Waals surface area contributed by atoms with E-state index in [9.17, 15) is 8.42 Å². The molecular weight excluding hydrogens is 254 g/mol. The number of sulfone groups is 1. The molecule has 0 amide bonds. The van der Waals surface area contributed by atoms with E-state index in [0.29, 0.717) is 18.6 Å². The highest BCUT2D eigenvalue weighted by atomic mass is 32.2. The van der Waals surface area contributed by atoms with Crippen LogP contribution in [-0.2, 0) is 19.3 Å². The van der Waals surface area contributed by atoms with Crippen LogP contribution in [-0.4, -0.2) is 69.9 Å². The maximum Gasteiger partial charge on any atom is 0.154 e. The molecule has 0 N–H and O–H groups in total. The van der Waals surface area contributed by atoms with Gasteiger partial charge >= 0.3 is 0 Å². The summed E-state index contributed by atoms with van der Waals surface area (Å²) in [6.45, 7) is 2.40. The fraction of sp³-hybridized carbons (Fsp3) is 1.00. The van der Waals surface area contributed by atoms with Crippen LogP contribution in [0.2, 0.25) is 0 Å². The van der Waals surface area contributed by atoms with Crippen LogP contribution in [0.4, 0.5) is 0 Å². The molecule has 0 spiro atoms. The van der Waals surface area contributed by atoms with E-state index < -0.39 is 9.84 Å². The maximum absolute atomic E-state index is 11.7. The molecule has 0 aromatic heterocycles. The van der Waals surface area contributed by atoms with Crippen LogP contribution in [0.1, 0.15) is 12.8 Å². The molecule has 0 aromatic rings. The van der Waals surface area contributed by atoms with Gasteiger partial charge in [-0.1, -0.05) is 0 Å². The summed E-state index contributed by atoms with van der Waals surface area (Å²) in [7, 11) is -1.33. The van der Waals surface area contributed by atoms with Crippen molar-refractivity contribution in [1.82, 2.24) is 4.90 Å². The van der Waals surface area contributed by atoms with Crippen LogP contribution in [0.5, 0.6) is 0 Å². The van der Waals surface area contributed by atoms with Gasteiger partial charge in [-0.3, -0.25) is 4.90 Å². The quantitative estimate of drug-likeness (QED) is 0.720. The van der Waals surface area contributed by atoms with Crippen molar-refractivity contribution >= 4 is 9.84 Å². The lowest BCUT2D eigenvalue weighted by Gasteiger charge is -2.38. The van der Waals surface area contributed by atoms with Crippen LogP contribution in [0, 0.1) is 5.92 Å². The first kappa shape index (κ1) is 12.8. The van der Waals surface area contributed by atoms with Gasteiger partial charge < -0.3 is 9.47 Å². The Morgan fingerprint density at radius 3 is 2.72 bits per heavy atom. The third kappa shape index (κ3) is 2.57. The summed E-state index contributed by atoms with van der Waals surface area (Å²) < 4.78 is 34.6. The van der Waals surface area contributed by atoms with Crippen molar-refractivity contribution in [2.24, 2.45) is 5.92 Å². The molecule has 3 rings (SSSR count). The highest BCUT2D eigenvalue weighted by molar-refractivity contribution is 7.91. The second-order valence-electron chi connectivity index (χ2n) is 5.66. The minimum Gasteiger partial charge on any atom is -0.379 e. The van der Waals surface area contributed by atoms with Crippen molar-refractivity contribution in [1.29, 1.82) is 0 Å². The summed E-state index contributed by atoms with van der Waals surface area (Å²) in [4.78, 5) is 2.27. The molecule has 1 aliphatic carbocycles. The van der Waals surface area contributed by atoms with E-state index in [2.05, 4.69) is 4.90 Å². The molecule has 5 nitrogen and oxygen atoms in total. The van der Waals surface area contributed by atoms with E-state index in [1.165, 1.54) is 12.8 Å². The highest BCUT2D eigenvalue weighted by Gasteiger charge is 2.44. The van der Waals surface area contributed by atoms with Crippen molar-refractivity contribution in [3.8, 4) is 0 Å². The first-order valence-electron chi connectivity index (χ1n) is 6.68. The molecule has 3 fully saturated rings. The van der Waals surface area contributed by atoms with E-state index >= 15 is 0 Å². The van der Waals surface area contributed by atoms with Gasteiger partial charge in [0.15, 0.2) is 9.84 Å². The fourth-order valence-corrected chi connectivity index (χ4v) is 5.05. The predicted molar refractivity (Wildman–Crippen MR) is 67.3 cm³/mol. The maximum atomic E-state index is 11.7. The highest BCUT2D eigenvalue weighted by Crippen LogP contribution is 2.36. The van der Waals surface area contributed by atoms with E-state index in [1.54, 1.807) is 7.11 Å². The largest absolute Gasteiger partial charge is 0.379 e. The Bertz CT molecular complexity index is 406. The molecule has 0 aromatic carbocycles. The number of morpholine rings is 1. The summed E-state index contributed by atoms with van der Waals surface area (Å²) in [5.41, 5.74) is 0. The van der Waals surface area contributed by atoms with Gasteiger partial charge in [0.2, 0.25) is 0 Å². The average molecular weight is 275 g/mol. The van der Waals surface area contributed by atoms with Crippen molar-refractivity contribution in [2.45, 2.75) is 31.1 Å². The van der Waals surface area contributed by atoms with Gasteiger partial charge in [0.1, 0.15) is 0 Å². The Morgan fingerprint density at radius 2 is 2.06 bits per heavy atom. The summed E-state index contributed by atoms with van der Waals surface area (Å²) >= 11 is 0. The number of nitrogens with zero attached hydrogens (tertiary/aromatic N) is 1. The molecule has 104 valence electrons. The molecule has 0 radical (unpaired) electrons. The number of methoxy groups -OCH3 is 1. The van der Waals surface area contributed by atoms with Gasteiger partial charge in [-0.05, 0) is 18.8 Å². The second kappa shape index (κ2) is 4.74.